The number of aromatic amines is 1. The maximum Gasteiger partial charge on any atom is 0.280 e. The number of nitrogens with two attached hydrogens (primary N) is 2. The van der Waals surface area contributed by atoms with Gasteiger partial charge in [0, 0.05) is 22.9 Å². The Balaban J connectivity index is 2.05. The first kappa shape index (κ1) is 12.9. The van der Waals surface area contributed by atoms with Crippen LogP contribution in [0.25, 0.3) is 5.57 Å². The van der Waals surface area contributed by atoms with Gasteiger partial charge in [-0.2, -0.15) is 10.1 Å². The Hall–Kier alpha value is -3.09. The summed E-state index contributed by atoms with van der Waals surface area (Å²) in [4.78, 5) is 15.4. The van der Waals surface area contributed by atoms with Gasteiger partial charge in [0.05, 0.1) is 6.20 Å². The smallest absolute Gasteiger partial charge is 0.280 e. The van der Waals surface area contributed by atoms with Crippen molar-refractivity contribution in [2.24, 2.45) is 16.5 Å². The normalized spacial score (nSPS) is 12.9. The SMILES string of the molecule is NC(N)=NC(=O)c1ccc2c(c1)C(c1cn[nH]c1)=CCO2. The summed E-state index contributed by atoms with van der Waals surface area (Å²) < 4.78 is 5.56. The number of hydrogen-bond donors (Lipinski definition) is 3. The highest BCUT2D eigenvalue weighted by Crippen LogP contribution is 2.34. The second-order valence-corrected chi connectivity index (χ2v) is 4.47. The summed E-state index contributed by atoms with van der Waals surface area (Å²) in [6.07, 6.45) is 5.43. The van der Waals surface area contributed by atoms with E-state index in [0.29, 0.717) is 17.9 Å². The molecule has 1 amide bonds. The molecule has 0 radical (unpaired) electrons. The fraction of sp³-hybridized carbons (Fsp3) is 0.0714. The van der Waals surface area contributed by atoms with Gasteiger partial charge in [-0.3, -0.25) is 9.89 Å². The third kappa shape index (κ3) is 2.48. The number of H-pyrrole nitrogens is 1. The molecule has 1 aromatic heterocycles. The number of aliphatic imine (C=N–C) groups is 1. The Labute approximate surface area is 120 Å². The molecule has 0 unspecified atom stereocenters. The lowest BCUT2D eigenvalue weighted by Gasteiger charge is -2.18. The standard InChI is InChI=1S/C14H13N5O2/c15-14(16)19-13(20)8-1-2-12-11(5-8)10(3-4-21-12)9-6-17-18-7-9/h1-3,5-7H,4H2,(H,17,18)(H4,15,16,19,20). The van der Waals surface area contributed by atoms with Gasteiger partial charge in [0.25, 0.3) is 5.91 Å². The number of nitrogens with zero attached hydrogens (tertiary/aromatic N) is 2. The number of nitrogens with one attached hydrogen (secondary N) is 1. The summed E-state index contributed by atoms with van der Waals surface area (Å²) in [6, 6.07) is 5.08. The molecule has 0 bridgehead atoms. The van der Waals surface area contributed by atoms with Crippen molar-refractivity contribution in [3.8, 4) is 5.75 Å². The van der Waals surface area contributed by atoms with Crippen LogP contribution in [0.15, 0.2) is 41.7 Å². The molecule has 0 fully saturated rings. The van der Waals surface area contributed by atoms with Crippen LogP contribution >= 0.6 is 0 Å². The minimum absolute atomic E-state index is 0.264. The lowest BCUT2D eigenvalue weighted by Crippen LogP contribution is -2.24. The van der Waals surface area contributed by atoms with Crippen LogP contribution in [0.4, 0.5) is 0 Å². The quantitative estimate of drug-likeness (QED) is 0.552. The van der Waals surface area contributed by atoms with Gasteiger partial charge in [0.2, 0.25) is 0 Å². The summed E-state index contributed by atoms with van der Waals surface area (Å²) in [6.45, 7) is 0.467. The van der Waals surface area contributed by atoms with Gasteiger partial charge < -0.3 is 16.2 Å². The fourth-order valence-corrected chi connectivity index (χ4v) is 2.18. The van der Waals surface area contributed by atoms with Crippen molar-refractivity contribution in [2.75, 3.05) is 6.61 Å². The van der Waals surface area contributed by atoms with Gasteiger partial charge >= 0.3 is 0 Å². The number of fused-ring (bicyclic) bond motifs is 1. The second kappa shape index (κ2) is 5.12. The molecule has 7 nitrogen and oxygen atoms in total. The number of hydrogen-bond acceptors (Lipinski definition) is 3. The Morgan fingerprint density at radius 2 is 2.24 bits per heavy atom. The summed E-state index contributed by atoms with van der Waals surface area (Å²) in [5, 5.41) is 6.71. The highest BCUT2D eigenvalue weighted by Gasteiger charge is 2.18. The Morgan fingerprint density at radius 1 is 1.38 bits per heavy atom. The van der Waals surface area contributed by atoms with Crippen LogP contribution in [0, 0.1) is 0 Å². The molecule has 0 aliphatic carbocycles. The minimum Gasteiger partial charge on any atom is -0.489 e. The van der Waals surface area contributed by atoms with E-state index < -0.39 is 5.91 Å². The van der Waals surface area contributed by atoms with Crippen LogP contribution in [0.5, 0.6) is 5.75 Å². The topological polar surface area (TPSA) is 119 Å². The number of amides is 1. The van der Waals surface area contributed by atoms with Crippen LogP contribution in [-0.2, 0) is 0 Å². The minimum atomic E-state index is -0.491. The van der Waals surface area contributed by atoms with Crippen molar-refractivity contribution in [1.82, 2.24) is 10.2 Å². The molecule has 0 saturated heterocycles. The summed E-state index contributed by atoms with van der Waals surface area (Å²) in [5.74, 6) is -0.0514. The lowest BCUT2D eigenvalue weighted by atomic mass is 9.96. The van der Waals surface area contributed by atoms with Crippen molar-refractivity contribution in [3.05, 3.63) is 53.4 Å². The molecule has 0 saturated carbocycles. The molecule has 0 spiro atoms. The molecule has 1 aliphatic rings. The lowest BCUT2D eigenvalue weighted by molar-refractivity contribution is 0.100. The van der Waals surface area contributed by atoms with E-state index in [0.717, 1.165) is 16.7 Å². The average Bonchev–Trinajstić information content (AvgIpc) is 2.99. The number of guanidine groups is 1. The molecule has 7 heteroatoms. The van der Waals surface area contributed by atoms with Crippen LogP contribution in [0.3, 0.4) is 0 Å². The van der Waals surface area contributed by atoms with Gasteiger partial charge in [-0.1, -0.05) is 0 Å². The van der Waals surface area contributed by atoms with E-state index in [2.05, 4.69) is 15.2 Å². The molecule has 2 aromatic rings. The zero-order valence-electron chi connectivity index (χ0n) is 11.0. The maximum absolute atomic E-state index is 11.9. The average molecular weight is 283 g/mol. The molecule has 1 aromatic carbocycles. The molecule has 21 heavy (non-hydrogen) atoms. The molecule has 2 heterocycles. The maximum atomic E-state index is 11.9. The van der Waals surface area contributed by atoms with Gasteiger partial charge in [-0.05, 0) is 29.8 Å². The third-order valence-corrected chi connectivity index (χ3v) is 3.08. The Morgan fingerprint density at radius 3 is 2.95 bits per heavy atom. The van der Waals surface area contributed by atoms with Gasteiger partial charge in [0.1, 0.15) is 12.4 Å². The van der Waals surface area contributed by atoms with E-state index >= 15 is 0 Å². The predicted molar refractivity (Wildman–Crippen MR) is 77.7 cm³/mol. The summed E-state index contributed by atoms with van der Waals surface area (Å²) >= 11 is 0. The highest BCUT2D eigenvalue weighted by atomic mass is 16.5. The Kier molecular flexibility index (Phi) is 3.15. The summed E-state index contributed by atoms with van der Waals surface area (Å²) in [5.41, 5.74) is 13.5. The number of carbonyl (C=O) groups excluding carboxylic acids is 1. The van der Waals surface area contributed by atoms with Crippen molar-refractivity contribution >= 4 is 17.4 Å². The zero-order valence-corrected chi connectivity index (χ0v) is 11.0. The largest absolute Gasteiger partial charge is 0.489 e. The van der Waals surface area contributed by atoms with Crippen molar-refractivity contribution in [2.45, 2.75) is 0 Å². The van der Waals surface area contributed by atoms with E-state index in [1.807, 2.05) is 6.08 Å². The monoisotopic (exact) mass is 283 g/mol. The van der Waals surface area contributed by atoms with Crippen LogP contribution in [0.1, 0.15) is 21.5 Å². The molecule has 5 N–H and O–H groups in total. The van der Waals surface area contributed by atoms with E-state index in [1.165, 1.54) is 0 Å². The third-order valence-electron chi connectivity index (χ3n) is 3.08. The molecule has 1 aliphatic heterocycles. The van der Waals surface area contributed by atoms with Gasteiger partial charge in [-0.15, -0.1) is 0 Å². The molecule has 0 atom stereocenters. The van der Waals surface area contributed by atoms with Crippen molar-refractivity contribution in [3.63, 3.8) is 0 Å². The summed E-state index contributed by atoms with van der Waals surface area (Å²) in [7, 11) is 0. The zero-order chi connectivity index (χ0) is 14.8. The number of carbonyl (C=O) groups is 1. The highest BCUT2D eigenvalue weighted by molar-refractivity contribution is 6.03. The Bertz CT molecular complexity index is 743. The predicted octanol–water partition coefficient (Wildman–Crippen LogP) is 0.647. The first-order chi connectivity index (χ1) is 10.1. The molecular weight excluding hydrogens is 270 g/mol. The van der Waals surface area contributed by atoms with Gasteiger partial charge in [-0.25, -0.2) is 0 Å². The first-order valence-electron chi connectivity index (χ1n) is 6.25. The number of rotatable bonds is 2. The van der Waals surface area contributed by atoms with Crippen LogP contribution in [0.2, 0.25) is 0 Å². The first-order valence-corrected chi connectivity index (χ1v) is 6.25. The fourth-order valence-electron chi connectivity index (χ4n) is 2.18. The van der Waals surface area contributed by atoms with Crippen LogP contribution in [-0.4, -0.2) is 28.7 Å². The van der Waals surface area contributed by atoms with Crippen molar-refractivity contribution < 1.29 is 9.53 Å². The number of benzene rings is 1. The van der Waals surface area contributed by atoms with E-state index in [1.54, 1.807) is 30.6 Å². The van der Waals surface area contributed by atoms with Crippen molar-refractivity contribution in [1.29, 1.82) is 0 Å². The molecule has 106 valence electrons. The van der Waals surface area contributed by atoms with E-state index in [4.69, 9.17) is 16.2 Å². The van der Waals surface area contributed by atoms with E-state index in [9.17, 15) is 4.79 Å². The number of ether oxygens (including phenoxy) is 1. The molecule has 3 rings (SSSR count). The number of aromatic nitrogens is 2. The molecular formula is C14H13N5O2. The van der Waals surface area contributed by atoms with Crippen LogP contribution < -0.4 is 16.2 Å². The van der Waals surface area contributed by atoms with Gasteiger partial charge in [0.15, 0.2) is 5.96 Å². The van der Waals surface area contributed by atoms with E-state index in [-0.39, 0.29) is 5.96 Å². The second-order valence-electron chi connectivity index (χ2n) is 4.47.